The van der Waals surface area contributed by atoms with E-state index in [0.717, 1.165) is 19.3 Å². The molecule has 6 heteroatoms. The van der Waals surface area contributed by atoms with E-state index in [1.54, 1.807) is 7.11 Å². The fourth-order valence-corrected chi connectivity index (χ4v) is 10.2. The number of carbonyl (C=O) groups is 1. The summed E-state index contributed by atoms with van der Waals surface area (Å²) < 4.78 is 23.4. The van der Waals surface area contributed by atoms with Gasteiger partial charge in [0.2, 0.25) is 8.32 Å². The number of methoxy groups -OCH3 is 2. The number of fused-ring (bicyclic) bond motifs is 5. The molecule has 3 saturated carbocycles. The van der Waals surface area contributed by atoms with Gasteiger partial charge in [-0.3, -0.25) is 4.79 Å². The maximum Gasteiger partial charge on any atom is 0.305 e. The Morgan fingerprint density at radius 2 is 1.81 bits per heavy atom. The summed E-state index contributed by atoms with van der Waals surface area (Å²) >= 11 is 0. The van der Waals surface area contributed by atoms with Crippen molar-refractivity contribution in [3.63, 3.8) is 0 Å². The molecule has 0 saturated heterocycles. The molecule has 0 aromatic heterocycles. The lowest BCUT2D eigenvalue weighted by Crippen LogP contribution is -2.58. The van der Waals surface area contributed by atoms with Gasteiger partial charge in [0.25, 0.3) is 0 Å². The third-order valence-corrected chi connectivity index (χ3v) is 11.7. The molecule has 0 N–H and O–H groups in total. The summed E-state index contributed by atoms with van der Waals surface area (Å²) in [6.45, 7) is 14.8. The summed E-state index contributed by atoms with van der Waals surface area (Å²) in [5.41, 5.74) is 0.644. The molecule has 36 heavy (non-hydrogen) atoms. The molecule has 0 spiro atoms. The third-order valence-electron chi connectivity index (χ3n) is 10.9. The van der Waals surface area contributed by atoms with Gasteiger partial charge in [-0.2, -0.15) is 0 Å². The summed E-state index contributed by atoms with van der Waals surface area (Å²) in [6.07, 6.45) is 12.8. The van der Waals surface area contributed by atoms with Crippen molar-refractivity contribution < 1.29 is 23.4 Å². The maximum atomic E-state index is 11.8. The number of rotatable bonds is 9. The Kier molecular flexibility index (Phi) is 8.39. The topological polar surface area (TPSA) is 54.0 Å². The van der Waals surface area contributed by atoms with Crippen LogP contribution in [0.1, 0.15) is 78.6 Å². The largest absolute Gasteiger partial charge is 0.548 e. The van der Waals surface area contributed by atoms with Crippen molar-refractivity contribution >= 4 is 14.3 Å². The summed E-state index contributed by atoms with van der Waals surface area (Å²) in [7, 11) is 1.63. The van der Waals surface area contributed by atoms with Gasteiger partial charge in [0, 0.05) is 20.0 Å². The average Bonchev–Trinajstić information content (AvgIpc) is 3.17. The van der Waals surface area contributed by atoms with Crippen LogP contribution in [0.2, 0.25) is 19.6 Å². The summed E-state index contributed by atoms with van der Waals surface area (Å²) in [5.74, 6) is 4.85. The monoisotopic (exact) mass is 520 g/mol. The molecule has 4 aliphatic carbocycles. The Balaban J connectivity index is 1.58. The lowest BCUT2D eigenvalue weighted by atomic mass is 9.44. The fraction of sp³-hybridized carbons (Fsp3) is 0.900. The lowest BCUT2D eigenvalue weighted by molar-refractivity contribution is -0.192. The Labute approximate surface area is 221 Å². The van der Waals surface area contributed by atoms with Crippen molar-refractivity contribution in [1.82, 2.24) is 0 Å². The second kappa shape index (κ2) is 10.7. The van der Waals surface area contributed by atoms with Gasteiger partial charge in [-0.1, -0.05) is 20.8 Å². The highest BCUT2D eigenvalue weighted by Gasteiger charge is 2.63. The molecule has 0 aromatic rings. The van der Waals surface area contributed by atoms with Crippen LogP contribution in [0.5, 0.6) is 0 Å². The first-order valence-electron chi connectivity index (χ1n) is 14.5. The molecule has 9 atom stereocenters. The number of esters is 1. The van der Waals surface area contributed by atoms with Crippen LogP contribution in [0.4, 0.5) is 0 Å². The van der Waals surface area contributed by atoms with Crippen molar-refractivity contribution in [2.24, 2.45) is 46.3 Å². The summed E-state index contributed by atoms with van der Waals surface area (Å²) in [5, 5.41) is 0. The van der Waals surface area contributed by atoms with Crippen LogP contribution >= 0.6 is 0 Å². The summed E-state index contributed by atoms with van der Waals surface area (Å²) in [4.78, 5) is 11.8. The van der Waals surface area contributed by atoms with E-state index in [9.17, 15) is 4.79 Å². The van der Waals surface area contributed by atoms with Crippen molar-refractivity contribution in [1.29, 1.82) is 0 Å². The van der Waals surface area contributed by atoms with E-state index >= 15 is 0 Å². The second-order valence-electron chi connectivity index (χ2n) is 13.9. The highest BCUT2D eigenvalue weighted by atomic mass is 28.4. The first kappa shape index (κ1) is 28.2. The Hall–Kier alpha value is -0.853. The minimum atomic E-state index is -1.61. The second-order valence-corrected chi connectivity index (χ2v) is 18.3. The predicted octanol–water partition coefficient (Wildman–Crippen LogP) is 7.18. The molecule has 0 aliphatic heterocycles. The number of ether oxygens (including phenoxy) is 3. The molecule has 0 aromatic carbocycles. The fourth-order valence-electron chi connectivity index (χ4n) is 9.20. The van der Waals surface area contributed by atoms with Crippen LogP contribution in [0, 0.1) is 46.3 Å². The minimum absolute atomic E-state index is 0.0765. The number of allylic oxidation sites excluding steroid dienone is 2. The standard InChI is InChI=1S/C30H52O5Si/c1-20(9-12-27(31)33-5)23-10-11-24-28-25(14-16-30(23,24)3)29(2)15-13-22(35-36(6,7)8)17-21(29)18-26(28)34-19-32-4/h17,20-21,23-26,28H,9-16,18-19H2,1-8H3/t20-,21+,23-,24+,25+,26-,28+,29+,30-/m1/s1. The van der Waals surface area contributed by atoms with Gasteiger partial charge in [-0.15, -0.1) is 0 Å². The molecule has 0 heterocycles. The summed E-state index contributed by atoms with van der Waals surface area (Å²) in [6, 6.07) is 0. The normalized spacial score (nSPS) is 40.9. The van der Waals surface area contributed by atoms with E-state index in [2.05, 4.69) is 46.5 Å². The molecule has 4 rings (SSSR count). The molecule has 206 valence electrons. The molecule has 0 unspecified atom stereocenters. The smallest absolute Gasteiger partial charge is 0.305 e. The van der Waals surface area contributed by atoms with Gasteiger partial charge in [0.05, 0.1) is 19.0 Å². The zero-order valence-corrected chi connectivity index (χ0v) is 25.2. The highest BCUT2D eigenvalue weighted by molar-refractivity contribution is 6.70. The van der Waals surface area contributed by atoms with E-state index in [1.165, 1.54) is 45.0 Å². The highest BCUT2D eigenvalue weighted by Crippen LogP contribution is 2.68. The third kappa shape index (κ3) is 5.33. The van der Waals surface area contributed by atoms with Crippen LogP contribution in [-0.4, -0.2) is 41.4 Å². The number of hydrogen-bond donors (Lipinski definition) is 0. The van der Waals surface area contributed by atoms with Crippen LogP contribution in [0.25, 0.3) is 0 Å². The quantitative estimate of drug-likeness (QED) is 0.183. The average molecular weight is 521 g/mol. The van der Waals surface area contributed by atoms with Crippen molar-refractivity contribution in [2.45, 2.75) is 104 Å². The number of carbonyl (C=O) groups excluding carboxylic acids is 1. The first-order valence-corrected chi connectivity index (χ1v) is 17.9. The molecular weight excluding hydrogens is 468 g/mol. The van der Waals surface area contributed by atoms with Gasteiger partial charge in [0.15, 0.2) is 0 Å². The van der Waals surface area contributed by atoms with Crippen LogP contribution < -0.4 is 0 Å². The van der Waals surface area contributed by atoms with Crippen molar-refractivity contribution in [2.75, 3.05) is 21.0 Å². The van der Waals surface area contributed by atoms with Crippen molar-refractivity contribution in [3.8, 4) is 0 Å². The molecule has 5 nitrogen and oxygen atoms in total. The van der Waals surface area contributed by atoms with Gasteiger partial charge >= 0.3 is 5.97 Å². The Morgan fingerprint density at radius 3 is 2.47 bits per heavy atom. The Morgan fingerprint density at radius 1 is 1.08 bits per heavy atom. The van der Waals surface area contributed by atoms with Crippen LogP contribution in [0.15, 0.2) is 11.8 Å². The van der Waals surface area contributed by atoms with Crippen LogP contribution in [0.3, 0.4) is 0 Å². The molecule has 3 fully saturated rings. The molecule has 0 amide bonds. The van der Waals surface area contributed by atoms with E-state index in [-0.39, 0.29) is 12.1 Å². The van der Waals surface area contributed by atoms with E-state index < -0.39 is 8.32 Å². The van der Waals surface area contributed by atoms with E-state index in [4.69, 9.17) is 18.6 Å². The van der Waals surface area contributed by atoms with Gasteiger partial charge in [0.1, 0.15) is 6.79 Å². The first-order chi connectivity index (χ1) is 16.9. The maximum absolute atomic E-state index is 11.8. The van der Waals surface area contributed by atoms with Gasteiger partial charge in [-0.25, -0.2) is 0 Å². The van der Waals surface area contributed by atoms with Gasteiger partial charge < -0.3 is 18.6 Å². The molecular formula is C30H52O5Si. The zero-order chi connectivity index (χ0) is 26.3. The Bertz CT molecular complexity index is 821. The molecule has 0 radical (unpaired) electrons. The molecule has 4 aliphatic rings. The van der Waals surface area contributed by atoms with Crippen LogP contribution in [-0.2, 0) is 23.4 Å². The van der Waals surface area contributed by atoms with E-state index in [0.29, 0.717) is 59.6 Å². The van der Waals surface area contributed by atoms with Crippen molar-refractivity contribution in [3.05, 3.63) is 11.8 Å². The lowest BCUT2D eigenvalue weighted by Gasteiger charge is -2.62. The predicted molar refractivity (Wildman–Crippen MR) is 146 cm³/mol. The number of hydrogen-bond acceptors (Lipinski definition) is 5. The SMILES string of the molecule is COCO[C@@H]1C[C@@H]2C=C(O[Si](C)(C)C)CC[C@]2(C)[C@H]2CC[C@]3(C)[C@@H]([C@H](C)CCC(=O)OC)CC[C@H]3[C@H]12. The minimum Gasteiger partial charge on any atom is -0.548 e. The zero-order valence-electron chi connectivity index (χ0n) is 24.2. The van der Waals surface area contributed by atoms with E-state index in [1.807, 2.05) is 0 Å². The van der Waals surface area contributed by atoms with Gasteiger partial charge in [-0.05, 0) is 117 Å². The molecule has 0 bridgehead atoms.